The zero-order valence-corrected chi connectivity index (χ0v) is 19.9. The van der Waals surface area contributed by atoms with Crippen molar-refractivity contribution in [2.75, 3.05) is 19.0 Å². The minimum absolute atomic E-state index is 0.169. The first kappa shape index (κ1) is 24.1. The summed E-state index contributed by atoms with van der Waals surface area (Å²) in [5, 5.41) is 4.12. The number of benzene rings is 2. The summed E-state index contributed by atoms with van der Waals surface area (Å²) < 4.78 is 31.5. The second kappa shape index (κ2) is 10.4. The number of aromatic nitrogens is 2. The number of methoxy groups -OCH3 is 1. The molecule has 2 N–H and O–H groups in total. The first-order chi connectivity index (χ1) is 15.7. The van der Waals surface area contributed by atoms with E-state index < -0.39 is 15.8 Å². The minimum Gasteiger partial charge on any atom is -0.493 e. The molecule has 3 aromatic rings. The summed E-state index contributed by atoms with van der Waals surface area (Å²) in [6.45, 7) is 6.07. The van der Waals surface area contributed by atoms with E-state index in [0.29, 0.717) is 27.7 Å². The van der Waals surface area contributed by atoms with Crippen molar-refractivity contribution < 1.29 is 23.2 Å². The highest BCUT2D eigenvalue weighted by molar-refractivity contribution is 7.99. The molecule has 0 radical (unpaired) electrons. The van der Waals surface area contributed by atoms with Crippen LogP contribution in [0.3, 0.4) is 0 Å². The largest absolute Gasteiger partial charge is 0.493 e. The van der Waals surface area contributed by atoms with Gasteiger partial charge in [0.15, 0.2) is 11.5 Å². The van der Waals surface area contributed by atoms with Crippen molar-refractivity contribution in [2.45, 2.75) is 38.3 Å². The zero-order valence-electron chi connectivity index (χ0n) is 19.1. The van der Waals surface area contributed by atoms with Gasteiger partial charge in [-0.2, -0.15) is 0 Å². The van der Waals surface area contributed by atoms with E-state index in [4.69, 9.17) is 14.2 Å². The van der Waals surface area contributed by atoms with Gasteiger partial charge in [-0.3, -0.25) is 0 Å². The highest BCUT2D eigenvalue weighted by atomic mass is 32.2. The maximum atomic E-state index is 12.9. The Balaban J connectivity index is 1.83. The molecule has 1 unspecified atom stereocenters. The number of nitrogens with one attached hydrogen (secondary N) is 2. The van der Waals surface area contributed by atoms with Gasteiger partial charge in [0.2, 0.25) is 0 Å². The van der Waals surface area contributed by atoms with Crippen LogP contribution in [0.2, 0.25) is 0 Å². The molecule has 0 fully saturated rings. The van der Waals surface area contributed by atoms with Crippen LogP contribution in [-0.4, -0.2) is 45.9 Å². The average Bonchev–Trinajstić information content (AvgIpc) is 2.77. The smallest absolute Gasteiger partial charge is 0.418 e. The highest BCUT2D eigenvalue weighted by Gasteiger charge is 2.15. The third kappa shape index (κ3) is 6.04. The molecule has 176 valence electrons. The molecule has 0 aliphatic carbocycles. The Kier molecular flexibility index (Phi) is 7.59. The van der Waals surface area contributed by atoms with Crippen LogP contribution in [0.25, 0.3) is 10.9 Å². The molecule has 1 amide bonds. The Morgan fingerprint density at radius 2 is 1.97 bits per heavy atom. The van der Waals surface area contributed by atoms with Crippen LogP contribution in [0, 0.1) is 0 Å². The second-order valence-electron chi connectivity index (χ2n) is 7.48. The number of amides is 1. The summed E-state index contributed by atoms with van der Waals surface area (Å²) in [4.78, 5) is 20.7. The van der Waals surface area contributed by atoms with E-state index in [-0.39, 0.29) is 19.3 Å². The van der Waals surface area contributed by atoms with Gasteiger partial charge in [0.25, 0.3) is 0 Å². The molecule has 0 aliphatic rings. The van der Waals surface area contributed by atoms with Gasteiger partial charge < -0.3 is 19.5 Å². The van der Waals surface area contributed by atoms with Crippen LogP contribution in [0.5, 0.6) is 11.5 Å². The lowest BCUT2D eigenvalue weighted by atomic mass is 10.2. The summed E-state index contributed by atoms with van der Waals surface area (Å²) >= 11 is 0. The predicted octanol–water partition coefficient (Wildman–Crippen LogP) is 3.77. The summed E-state index contributed by atoms with van der Waals surface area (Å²) in [6.07, 6.45) is 0.710. The molecule has 1 heterocycles. The summed E-state index contributed by atoms with van der Waals surface area (Å²) in [5.41, 5.74) is 1.44. The topological polar surface area (TPSA) is 112 Å². The number of ether oxygens (including phenoxy) is 3. The number of hydrogen-bond donors (Lipinski definition) is 2. The van der Waals surface area contributed by atoms with Crippen LogP contribution in [0.1, 0.15) is 26.3 Å². The number of carbonyl (C=O) groups is 1. The Labute approximate surface area is 193 Å². The maximum absolute atomic E-state index is 12.9. The molecule has 1 atom stereocenters. The monoisotopic (exact) mass is 472 g/mol. The van der Waals surface area contributed by atoms with Gasteiger partial charge in [0.1, 0.15) is 18.8 Å². The molecule has 0 spiro atoms. The van der Waals surface area contributed by atoms with Crippen molar-refractivity contribution in [3.63, 3.8) is 0 Å². The van der Waals surface area contributed by atoms with Gasteiger partial charge in [-0.05, 0) is 50.4 Å². The second-order valence-corrected chi connectivity index (χ2v) is 9.50. The molecule has 1 aromatic heterocycles. The van der Waals surface area contributed by atoms with Crippen LogP contribution in [-0.2, 0) is 21.1 Å². The van der Waals surface area contributed by atoms with Crippen LogP contribution in [0.4, 0.5) is 10.6 Å². The molecule has 0 bridgehead atoms. The maximum Gasteiger partial charge on any atom is 0.418 e. The van der Waals surface area contributed by atoms with Crippen LogP contribution in [0.15, 0.2) is 47.6 Å². The van der Waals surface area contributed by atoms with E-state index >= 15 is 0 Å². The molecule has 2 aromatic carbocycles. The minimum atomic E-state index is -3.07. The molecule has 0 aliphatic heterocycles. The fraction of sp³-hybridized carbons (Fsp3) is 0.304. The normalized spacial score (nSPS) is 12.8. The SMILES string of the molecule is C=S(=O)(NC(=O)OCC)c1cccc(COc2cc3ncnc(NC(C)C)c3cc2OC)c1. The Hall–Kier alpha value is -3.53. The summed E-state index contributed by atoms with van der Waals surface area (Å²) in [7, 11) is -1.51. The quantitative estimate of drug-likeness (QED) is 0.453. The van der Waals surface area contributed by atoms with E-state index in [0.717, 1.165) is 10.9 Å². The summed E-state index contributed by atoms with van der Waals surface area (Å²) in [6, 6.07) is 10.7. The standard InChI is InChI=1S/C23H28N4O5S/c1-6-31-23(28)27-33(5,29)17-9-7-8-16(10-17)13-32-21-12-19-18(11-20(21)30-4)22(25-14-24-19)26-15(2)3/h7-12,14-15H,5-6,13H2,1-4H3,(H,24,25,26)(H,27,28,29). The van der Waals surface area contributed by atoms with Crippen LogP contribution >= 0.6 is 0 Å². The van der Waals surface area contributed by atoms with Crippen molar-refractivity contribution >= 4 is 38.4 Å². The molecule has 3 rings (SSSR count). The fourth-order valence-electron chi connectivity index (χ4n) is 3.08. The molecule has 0 saturated carbocycles. The number of nitrogens with zero attached hydrogens (tertiary/aromatic N) is 2. The number of rotatable bonds is 9. The number of anilines is 1. The van der Waals surface area contributed by atoms with Gasteiger partial charge >= 0.3 is 6.09 Å². The van der Waals surface area contributed by atoms with Crippen molar-refractivity contribution in [1.82, 2.24) is 14.7 Å². The van der Waals surface area contributed by atoms with E-state index in [1.54, 1.807) is 38.3 Å². The zero-order chi connectivity index (χ0) is 24.0. The van der Waals surface area contributed by atoms with E-state index in [1.165, 1.54) is 6.33 Å². The molecule has 9 nitrogen and oxygen atoms in total. The van der Waals surface area contributed by atoms with Crippen molar-refractivity contribution in [2.24, 2.45) is 0 Å². The number of hydrogen-bond acceptors (Lipinski definition) is 8. The lowest BCUT2D eigenvalue weighted by molar-refractivity contribution is 0.159. The summed E-state index contributed by atoms with van der Waals surface area (Å²) in [5.74, 6) is 5.40. The van der Waals surface area contributed by atoms with Crippen molar-refractivity contribution in [1.29, 1.82) is 0 Å². The van der Waals surface area contributed by atoms with E-state index in [9.17, 15) is 9.00 Å². The third-order valence-electron chi connectivity index (χ3n) is 4.54. The molecule has 33 heavy (non-hydrogen) atoms. The van der Waals surface area contributed by atoms with Gasteiger partial charge in [0, 0.05) is 17.5 Å². The highest BCUT2D eigenvalue weighted by Crippen LogP contribution is 2.34. The van der Waals surface area contributed by atoms with Crippen molar-refractivity contribution in [3.8, 4) is 11.5 Å². The Morgan fingerprint density at radius 3 is 2.67 bits per heavy atom. The third-order valence-corrected chi connectivity index (χ3v) is 6.06. The lowest BCUT2D eigenvalue weighted by Crippen LogP contribution is -2.31. The predicted molar refractivity (Wildman–Crippen MR) is 129 cm³/mol. The van der Waals surface area contributed by atoms with Gasteiger partial charge in [-0.15, -0.1) is 0 Å². The van der Waals surface area contributed by atoms with Crippen molar-refractivity contribution in [3.05, 3.63) is 48.3 Å². The Morgan fingerprint density at radius 1 is 1.18 bits per heavy atom. The van der Waals surface area contributed by atoms with Gasteiger partial charge in [-0.25, -0.2) is 23.7 Å². The van der Waals surface area contributed by atoms with Crippen LogP contribution < -0.4 is 19.5 Å². The molecular formula is C23H28N4O5S. The Bertz CT molecular complexity index is 1240. The molecule has 0 saturated heterocycles. The van der Waals surface area contributed by atoms with Gasteiger partial charge in [-0.1, -0.05) is 12.1 Å². The molecular weight excluding hydrogens is 444 g/mol. The first-order valence-electron chi connectivity index (χ1n) is 10.4. The molecule has 10 heteroatoms. The average molecular weight is 473 g/mol. The fourth-order valence-corrected chi connectivity index (χ4v) is 4.17. The van der Waals surface area contributed by atoms with E-state index in [1.807, 2.05) is 26.0 Å². The number of carbonyl (C=O) groups excluding carboxylic acids is 1. The first-order valence-corrected chi connectivity index (χ1v) is 12.1. The van der Waals surface area contributed by atoms with Gasteiger partial charge in [0.05, 0.1) is 33.8 Å². The number of fused-ring (bicyclic) bond motifs is 1. The van der Waals surface area contributed by atoms with E-state index in [2.05, 4.69) is 25.9 Å². The lowest BCUT2D eigenvalue weighted by Gasteiger charge is -2.15.